The lowest BCUT2D eigenvalue weighted by Crippen LogP contribution is -1.88. The van der Waals surface area contributed by atoms with E-state index in [4.69, 9.17) is 0 Å². The molecule has 0 aromatic carbocycles. The molecule has 10 heavy (non-hydrogen) atoms. The van der Waals surface area contributed by atoms with Crippen LogP contribution in [-0.2, 0) is 16.5 Å². The Hall–Kier alpha value is -0.970. The maximum Gasteiger partial charge on any atom is 0.144 e. The molecular weight excluding hydrogens is 152 g/mol. The zero-order chi connectivity index (χ0) is 7.40. The van der Waals surface area contributed by atoms with E-state index in [9.17, 15) is 8.42 Å². The number of thiol groups is 1. The van der Waals surface area contributed by atoms with Gasteiger partial charge in [-0.05, 0) is 0 Å². The largest absolute Gasteiger partial charge is 0.245 e. The third-order valence-corrected chi connectivity index (χ3v) is 1.55. The highest BCUT2D eigenvalue weighted by atomic mass is 32.2. The summed E-state index contributed by atoms with van der Waals surface area (Å²) in [6.07, 6.45) is 4.33. The van der Waals surface area contributed by atoms with Crippen LogP contribution in [0.5, 0.6) is 0 Å². The van der Waals surface area contributed by atoms with E-state index in [2.05, 4.69) is 9.97 Å². The molecule has 0 radical (unpaired) electrons. The minimum Gasteiger partial charge on any atom is -0.245 e. The number of nitrogens with zero attached hydrogens (tertiary/aromatic N) is 2. The summed E-state index contributed by atoms with van der Waals surface area (Å²) in [6, 6.07) is 0. The number of rotatable bonds is 2. The van der Waals surface area contributed by atoms with Crippen molar-refractivity contribution in [2.75, 3.05) is 0 Å². The first-order chi connectivity index (χ1) is 4.79. The van der Waals surface area contributed by atoms with Crippen molar-refractivity contribution in [3.8, 4) is 0 Å². The Bertz CT molecular complexity index is 262. The van der Waals surface area contributed by atoms with E-state index in [1.54, 1.807) is 0 Å². The molecule has 0 amide bonds. The highest BCUT2D eigenvalue weighted by molar-refractivity contribution is 7.71. The molecule has 0 aliphatic heterocycles. The summed E-state index contributed by atoms with van der Waals surface area (Å²) < 4.78 is 20.3. The summed E-state index contributed by atoms with van der Waals surface area (Å²) in [5.74, 6) is 0.0240. The second-order valence-corrected chi connectivity index (χ2v) is 2.72. The van der Waals surface area contributed by atoms with Crippen LogP contribution in [0.3, 0.4) is 0 Å². The van der Waals surface area contributed by atoms with Gasteiger partial charge in [-0.2, -0.15) is 0 Å². The molecule has 1 rings (SSSR count). The molecule has 0 bridgehead atoms. The molecule has 0 aliphatic carbocycles. The Morgan fingerprint density at radius 1 is 1.30 bits per heavy atom. The van der Waals surface area contributed by atoms with Gasteiger partial charge in [-0.1, -0.05) is 0 Å². The Kier molecular flexibility index (Phi) is 2.33. The average Bonchev–Trinajstić information content (AvgIpc) is 1.88. The summed E-state index contributed by atoms with van der Waals surface area (Å²) in [4.78, 5) is 7.32. The van der Waals surface area contributed by atoms with Crippen LogP contribution in [0, 0.1) is 0 Å². The van der Waals surface area contributed by atoms with Gasteiger partial charge in [0.1, 0.15) is 17.0 Å². The van der Waals surface area contributed by atoms with Crippen LogP contribution < -0.4 is 0 Å². The third kappa shape index (κ3) is 2.10. The van der Waals surface area contributed by atoms with Gasteiger partial charge in [0.25, 0.3) is 0 Å². The predicted molar refractivity (Wildman–Crippen MR) is 36.1 cm³/mol. The van der Waals surface area contributed by atoms with Crippen molar-refractivity contribution in [3.63, 3.8) is 0 Å². The predicted octanol–water partition coefficient (Wildman–Crippen LogP) is -0.412. The molecule has 4 nitrogen and oxygen atoms in total. The maximum atomic E-state index is 10.2. The van der Waals surface area contributed by atoms with Gasteiger partial charge in [0.15, 0.2) is 0 Å². The first-order valence-corrected chi connectivity index (χ1v) is 4.01. The van der Waals surface area contributed by atoms with Gasteiger partial charge in [0.05, 0.1) is 5.75 Å². The molecule has 54 valence electrons. The molecule has 0 unspecified atom stereocenters. The van der Waals surface area contributed by atoms with Crippen LogP contribution in [-0.4, -0.2) is 18.4 Å². The fourth-order valence-electron chi connectivity index (χ4n) is 0.561. The van der Waals surface area contributed by atoms with Gasteiger partial charge in [-0.3, -0.25) is 0 Å². The van der Waals surface area contributed by atoms with Gasteiger partial charge in [0.2, 0.25) is 0 Å². The number of hydrogen-bond donors (Lipinski definition) is 1. The first-order valence-electron chi connectivity index (χ1n) is 2.65. The molecule has 0 saturated heterocycles. The van der Waals surface area contributed by atoms with Gasteiger partial charge >= 0.3 is 0 Å². The summed E-state index contributed by atoms with van der Waals surface area (Å²) in [6.45, 7) is 0. The Balaban J connectivity index is 2.77. The smallest absolute Gasteiger partial charge is 0.144 e. The van der Waals surface area contributed by atoms with E-state index in [0.717, 1.165) is 0 Å². The molecular formula is C5H6N2O2S. The highest BCUT2D eigenvalue weighted by Crippen LogP contribution is 1.93. The van der Waals surface area contributed by atoms with Gasteiger partial charge in [-0.25, -0.2) is 18.4 Å². The van der Waals surface area contributed by atoms with Crippen LogP contribution in [0.25, 0.3) is 0 Å². The van der Waals surface area contributed by atoms with Crippen LogP contribution in [0.4, 0.5) is 0 Å². The molecule has 0 spiro atoms. The lowest BCUT2D eigenvalue weighted by molar-refractivity contribution is 0.613. The quantitative estimate of drug-likeness (QED) is 0.594. The molecule has 1 heterocycles. The van der Waals surface area contributed by atoms with Crippen molar-refractivity contribution in [1.82, 2.24) is 9.97 Å². The average molecular weight is 158 g/mol. The summed E-state index contributed by atoms with van der Waals surface area (Å²) in [5, 5.41) is 0. The highest BCUT2D eigenvalue weighted by Gasteiger charge is 1.91. The lowest BCUT2D eigenvalue weighted by Gasteiger charge is -1.88. The minimum absolute atomic E-state index is 0.0240. The van der Waals surface area contributed by atoms with Crippen molar-refractivity contribution in [2.24, 2.45) is 0 Å². The van der Waals surface area contributed by atoms with Crippen LogP contribution in [0.15, 0.2) is 18.7 Å². The van der Waals surface area contributed by atoms with E-state index < -0.39 is 10.7 Å². The van der Waals surface area contributed by atoms with Gasteiger partial charge in [0, 0.05) is 18.0 Å². The minimum atomic E-state index is -2.36. The molecule has 0 aliphatic rings. The summed E-state index contributed by atoms with van der Waals surface area (Å²) in [5.41, 5.74) is 0.624. The monoisotopic (exact) mass is 158 g/mol. The molecule has 0 N–H and O–H groups in total. The van der Waals surface area contributed by atoms with Crippen molar-refractivity contribution < 1.29 is 8.42 Å². The molecule has 1 aromatic heterocycles. The van der Waals surface area contributed by atoms with Crippen molar-refractivity contribution in [3.05, 3.63) is 24.3 Å². The zero-order valence-corrected chi connectivity index (χ0v) is 5.99. The molecule has 1 aromatic rings. The maximum absolute atomic E-state index is 10.2. The second kappa shape index (κ2) is 3.26. The summed E-state index contributed by atoms with van der Waals surface area (Å²) in [7, 11) is -2.36. The Morgan fingerprint density at radius 3 is 2.40 bits per heavy atom. The fraction of sp³-hybridized carbons (Fsp3) is 0.200. The third-order valence-electron chi connectivity index (χ3n) is 0.926. The Labute approximate surface area is 59.9 Å². The second-order valence-electron chi connectivity index (χ2n) is 1.74. The molecule has 5 heteroatoms. The fourth-order valence-corrected chi connectivity index (χ4v) is 1.02. The molecule has 0 atom stereocenters. The van der Waals surface area contributed by atoms with Crippen molar-refractivity contribution in [2.45, 2.75) is 5.75 Å². The normalized spacial score (nSPS) is 10.1. The van der Waals surface area contributed by atoms with Crippen LogP contribution in [0.2, 0.25) is 0 Å². The van der Waals surface area contributed by atoms with E-state index in [1.807, 2.05) is 0 Å². The molecule has 0 fully saturated rings. The van der Waals surface area contributed by atoms with E-state index in [0.29, 0.717) is 5.56 Å². The lowest BCUT2D eigenvalue weighted by atomic mass is 10.4. The Morgan fingerprint density at radius 2 is 1.90 bits per heavy atom. The zero-order valence-electron chi connectivity index (χ0n) is 5.10. The first kappa shape index (κ1) is 7.14. The van der Waals surface area contributed by atoms with E-state index in [-0.39, 0.29) is 5.75 Å². The van der Waals surface area contributed by atoms with Gasteiger partial charge in [-0.15, -0.1) is 0 Å². The van der Waals surface area contributed by atoms with E-state index >= 15 is 0 Å². The SMILES string of the molecule is O=[SH](=O)Cc1cncnc1. The van der Waals surface area contributed by atoms with E-state index in [1.165, 1.54) is 18.7 Å². The standard InChI is InChI=1S/C5H6N2O2S/c8-10(9)3-5-1-6-4-7-2-5/h1-2,4,10H,3H2. The van der Waals surface area contributed by atoms with Crippen LogP contribution in [0.1, 0.15) is 5.56 Å². The topological polar surface area (TPSA) is 59.9 Å². The van der Waals surface area contributed by atoms with Crippen molar-refractivity contribution in [1.29, 1.82) is 0 Å². The number of hydrogen-bond acceptors (Lipinski definition) is 4. The van der Waals surface area contributed by atoms with Gasteiger partial charge < -0.3 is 0 Å². The number of aromatic nitrogens is 2. The van der Waals surface area contributed by atoms with Crippen molar-refractivity contribution >= 4 is 10.7 Å². The van der Waals surface area contributed by atoms with Crippen LogP contribution >= 0.6 is 0 Å². The molecule has 0 saturated carbocycles. The summed E-state index contributed by atoms with van der Waals surface area (Å²) >= 11 is 0.